The van der Waals surface area contributed by atoms with Crippen molar-refractivity contribution < 1.29 is 0 Å². The molecular formula is C20H22N4S. The molecule has 2 heterocycles. The lowest BCUT2D eigenvalue weighted by Gasteiger charge is -2.21. The number of aryl methyl sites for hydroxylation is 1. The first-order valence-corrected chi connectivity index (χ1v) is 9.54. The van der Waals surface area contributed by atoms with Gasteiger partial charge in [-0.2, -0.15) is 5.26 Å². The molecule has 0 bridgehead atoms. The van der Waals surface area contributed by atoms with E-state index in [0.717, 1.165) is 51.8 Å². The van der Waals surface area contributed by atoms with Crippen LogP contribution in [0.3, 0.4) is 0 Å². The van der Waals surface area contributed by atoms with E-state index in [1.165, 1.54) is 16.9 Å². The van der Waals surface area contributed by atoms with Crippen LogP contribution in [-0.2, 0) is 12.8 Å². The Morgan fingerprint density at radius 3 is 2.40 bits per heavy atom. The number of thiophene rings is 1. The molecule has 0 aliphatic rings. The van der Waals surface area contributed by atoms with Crippen LogP contribution in [0.2, 0.25) is 0 Å². The summed E-state index contributed by atoms with van der Waals surface area (Å²) in [6.07, 6.45) is 1.52. The Hall–Kier alpha value is -2.45. The molecule has 0 aliphatic heterocycles. The number of rotatable bonds is 6. The SMILES string of the molecule is CCc1c(C#N)sc2nc(Cc3ccccc3)nc(N(CC)CC)c12. The minimum Gasteiger partial charge on any atom is -0.357 e. The number of fused-ring (bicyclic) bond motifs is 1. The molecular weight excluding hydrogens is 328 g/mol. The average molecular weight is 350 g/mol. The van der Waals surface area contributed by atoms with E-state index in [-0.39, 0.29) is 0 Å². The summed E-state index contributed by atoms with van der Waals surface area (Å²) in [5, 5.41) is 10.6. The minimum atomic E-state index is 0.701. The van der Waals surface area contributed by atoms with Gasteiger partial charge in [0.2, 0.25) is 0 Å². The Labute approximate surface area is 152 Å². The highest BCUT2D eigenvalue weighted by Crippen LogP contribution is 2.36. The standard InChI is InChI=1S/C20H22N4S/c1-4-15-16(13-21)25-20-18(15)19(24(5-2)6-3)22-17(23-20)12-14-10-8-7-9-11-14/h7-11H,4-6,12H2,1-3H3. The van der Waals surface area contributed by atoms with Gasteiger partial charge in [-0.1, -0.05) is 37.3 Å². The first kappa shape index (κ1) is 17.4. The molecule has 5 heteroatoms. The highest BCUT2D eigenvalue weighted by Gasteiger charge is 2.20. The van der Waals surface area contributed by atoms with Gasteiger partial charge in [-0.25, -0.2) is 9.97 Å². The molecule has 3 rings (SSSR count). The molecule has 0 saturated heterocycles. The van der Waals surface area contributed by atoms with Gasteiger partial charge in [0.25, 0.3) is 0 Å². The molecule has 2 aromatic heterocycles. The predicted molar refractivity (Wildman–Crippen MR) is 104 cm³/mol. The van der Waals surface area contributed by atoms with E-state index in [2.05, 4.69) is 43.9 Å². The first-order valence-electron chi connectivity index (χ1n) is 8.73. The lowest BCUT2D eigenvalue weighted by atomic mass is 10.1. The highest BCUT2D eigenvalue weighted by atomic mass is 32.1. The largest absolute Gasteiger partial charge is 0.357 e. The van der Waals surface area contributed by atoms with Gasteiger partial charge < -0.3 is 4.90 Å². The molecule has 0 amide bonds. The van der Waals surface area contributed by atoms with Crippen molar-refractivity contribution in [2.75, 3.05) is 18.0 Å². The predicted octanol–water partition coefficient (Wildman–Crippen LogP) is 4.56. The maximum Gasteiger partial charge on any atom is 0.141 e. The summed E-state index contributed by atoms with van der Waals surface area (Å²) < 4.78 is 0. The van der Waals surface area contributed by atoms with Crippen molar-refractivity contribution >= 4 is 27.4 Å². The van der Waals surface area contributed by atoms with Crippen molar-refractivity contribution in [2.45, 2.75) is 33.6 Å². The zero-order valence-electron chi connectivity index (χ0n) is 14.9. The second-order valence-electron chi connectivity index (χ2n) is 5.85. The molecule has 0 atom stereocenters. The topological polar surface area (TPSA) is 52.8 Å². The molecule has 0 fully saturated rings. The molecule has 128 valence electrons. The molecule has 1 aromatic carbocycles. The highest BCUT2D eigenvalue weighted by molar-refractivity contribution is 7.19. The van der Waals surface area contributed by atoms with Crippen LogP contribution in [-0.4, -0.2) is 23.1 Å². The fourth-order valence-electron chi connectivity index (χ4n) is 3.12. The third kappa shape index (κ3) is 3.35. The normalized spacial score (nSPS) is 10.8. The van der Waals surface area contributed by atoms with Gasteiger partial charge in [0, 0.05) is 19.5 Å². The monoisotopic (exact) mass is 350 g/mol. The lowest BCUT2D eigenvalue weighted by molar-refractivity contribution is 0.836. The number of hydrogen-bond donors (Lipinski definition) is 0. The van der Waals surface area contributed by atoms with E-state index in [0.29, 0.717) is 6.42 Å². The summed E-state index contributed by atoms with van der Waals surface area (Å²) in [6, 6.07) is 12.6. The van der Waals surface area contributed by atoms with Crippen molar-refractivity contribution in [3.05, 3.63) is 52.2 Å². The Morgan fingerprint density at radius 2 is 1.80 bits per heavy atom. The summed E-state index contributed by atoms with van der Waals surface area (Å²) in [5.41, 5.74) is 2.27. The zero-order valence-corrected chi connectivity index (χ0v) is 15.7. The second-order valence-corrected chi connectivity index (χ2v) is 6.85. The zero-order chi connectivity index (χ0) is 17.8. The van der Waals surface area contributed by atoms with Gasteiger partial charge in [0.05, 0.1) is 5.39 Å². The summed E-state index contributed by atoms with van der Waals surface area (Å²) in [7, 11) is 0. The summed E-state index contributed by atoms with van der Waals surface area (Å²) in [6.45, 7) is 8.13. The Bertz CT molecular complexity index is 905. The smallest absolute Gasteiger partial charge is 0.141 e. The van der Waals surface area contributed by atoms with Crippen molar-refractivity contribution in [1.82, 2.24) is 9.97 Å². The van der Waals surface area contributed by atoms with E-state index in [4.69, 9.17) is 9.97 Å². The number of aromatic nitrogens is 2. The summed E-state index contributed by atoms with van der Waals surface area (Å²) in [5.74, 6) is 1.78. The molecule has 0 unspecified atom stereocenters. The molecule has 0 spiro atoms. The van der Waals surface area contributed by atoms with E-state index >= 15 is 0 Å². The molecule has 0 saturated carbocycles. The number of hydrogen-bond acceptors (Lipinski definition) is 5. The van der Waals surface area contributed by atoms with Crippen molar-refractivity contribution in [1.29, 1.82) is 5.26 Å². The molecule has 0 radical (unpaired) electrons. The van der Waals surface area contributed by atoms with E-state index in [1.54, 1.807) is 0 Å². The number of nitriles is 1. The minimum absolute atomic E-state index is 0.701. The lowest BCUT2D eigenvalue weighted by Crippen LogP contribution is -2.24. The van der Waals surface area contributed by atoms with E-state index < -0.39 is 0 Å². The van der Waals surface area contributed by atoms with Crippen LogP contribution in [0.15, 0.2) is 30.3 Å². The van der Waals surface area contributed by atoms with Crippen LogP contribution in [0.1, 0.15) is 42.6 Å². The van der Waals surface area contributed by atoms with Crippen molar-refractivity contribution in [2.24, 2.45) is 0 Å². The van der Waals surface area contributed by atoms with Crippen LogP contribution < -0.4 is 4.90 Å². The molecule has 0 aliphatic carbocycles. The van der Waals surface area contributed by atoms with Crippen LogP contribution in [0.5, 0.6) is 0 Å². The summed E-state index contributed by atoms with van der Waals surface area (Å²) >= 11 is 1.49. The van der Waals surface area contributed by atoms with Crippen molar-refractivity contribution in [3.63, 3.8) is 0 Å². The number of anilines is 1. The van der Waals surface area contributed by atoms with Crippen LogP contribution in [0.25, 0.3) is 10.2 Å². The maximum atomic E-state index is 9.50. The quantitative estimate of drug-likeness (QED) is 0.654. The van der Waals surface area contributed by atoms with Gasteiger partial charge >= 0.3 is 0 Å². The summed E-state index contributed by atoms with van der Waals surface area (Å²) in [4.78, 5) is 13.6. The van der Waals surface area contributed by atoms with Gasteiger partial charge in [-0.15, -0.1) is 11.3 Å². The maximum absolute atomic E-state index is 9.50. The van der Waals surface area contributed by atoms with Crippen molar-refractivity contribution in [3.8, 4) is 6.07 Å². The van der Waals surface area contributed by atoms with E-state index in [1.807, 2.05) is 18.2 Å². The Balaban J connectivity index is 2.19. The number of benzene rings is 1. The van der Waals surface area contributed by atoms with Gasteiger partial charge in [0.15, 0.2) is 0 Å². The fraction of sp³-hybridized carbons (Fsp3) is 0.350. The second kappa shape index (κ2) is 7.62. The molecule has 4 nitrogen and oxygen atoms in total. The van der Waals surface area contributed by atoms with Crippen LogP contribution in [0, 0.1) is 11.3 Å². The van der Waals surface area contributed by atoms with Gasteiger partial charge in [-0.05, 0) is 31.4 Å². The number of nitrogens with zero attached hydrogens (tertiary/aromatic N) is 4. The third-order valence-corrected chi connectivity index (χ3v) is 5.43. The van der Waals surface area contributed by atoms with Crippen LogP contribution in [0.4, 0.5) is 5.82 Å². The Kier molecular flexibility index (Phi) is 5.30. The Morgan fingerprint density at radius 1 is 1.08 bits per heavy atom. The molecule has 25 heavy (non-hydrogen) atoms. The fourth-order valence-corrected chi connectivity index (χ4v) is 4.19. The molecule has 3 aromatic rings. The average Bonchev–Trinajstić information content (AvgIpc) is 3.01. The van der Waals surface area contributed by atoms with E-state index in [9.17, 15) is 5.26 Å². The van der Waals surface area contributed by atoms with Gasteiger partial charge in [-0.3, -0.25) is 0 Å². The van der Waals surface area contributed by atoms with Gasteiger partial charge in [0.1, 0.15) is 27.4 Å². The first-order chi connectivity index (χ1) is 12.2. The molecule has 0 N–H and O–H groups in total. The van der Waals surface area contributed by atoms with Crippen LogP contribution >= 0.6 is 11.3 Å². The third-order valence-electron chi connectivity index (χ3n) is 4.40.